The van der Waals surface area contributed by atoms with Crippen molar-refractivity contribution >= 4 is 16.7 Å². The van der Waals surface area contributed by atoms with E-state index in [0.717, 1.165) is 16.6 Å². The van der Waals surface area contributed by atoms with Crippen molar-refractivity contribution in [3.05, 3.63) is 24.0 Å². The molecular weight excluding hydrogens is 176 g/mol. The van der Waals surface area contributed by atoms with Crippen LogP contribution in [0.2, 0.25) is 0 Å². The van der Waals surface area contributed by atoms with Crippen molar-refractivity contribution in [1.82, 2.24) is 15.2 Å². The predicted octanol–water partition coefficient (Wildman–Crippen LogP) is 1.73. The van der Waals surface area contributed by atoms with Gasteiger partial charge in [0, 0.05) is 11.6 Å². The summed E-state index contributed by atoms with van der Waals surface area (Å²) in [6.07, 6.45) is 1.75. The zero-order valence-corrected chi connectivity index (χ0v) is 8.23. The molecule has 4 nitrogen and oxygen atoms in total. The third kappa shape index (κ3) is 1.28. The topological polar surface area (TPSA) is 64.7 Å². The Bertz CT molecular complexity index is 465. The number of anilines is 1. The fourth-order valence-electron chi connectivity index (χ4n) is 1.41. The van der Waals surface area contributed by atoms with Crippen LogP contribution < -0.4 is 5.73 Å². The number of fused-ring (bicyclic) bond motifs is 1. The summed E-state index contributed by atoms with van der Waals surface area (Å²) in [4.78, 5) is 4.28. The van der Waals surface area contributed by atoms with E-state index in [1.54, 1.807) is 6.20 Å². The molecule has 0 aliphatic rings. The first-order valence-corrected chi connectivity index (χ1v) is 4.57. The van der Waals surface area contributed by atoms with Crippen LogP contribution in [-0.2, 0) is 0 Å². The Labute approximate surface area is 82.2 Å². The van der Waals surface area contributed by atoms with Gasteiger partial charge in [0.1, 0.15) is 0 Å². The predicted molar refractivity (Wildman–Crippen MR) is 55.8 cm³/mol. The molecule has 0 amide bonds. The fraction of sp³-hybridized carbons (Fsp3) is 0.300. The number of rotatable bonds is 1. The Hall–Kier alpha value is -1.71. The molecule has 2 aromatic rings. The van der Waals surface area contributed by atoms with E-state index >= 15 is 0 Å². The Morgan fingerprint density at radius 2 is 2.07 bits per heavy atom. The first-order valence-electron chi connectivity index (χ1n) is 4.57. The van der Waals surface area contributed by atoms with Gasteiger partial charge in [-0.25, -0.2) is 0 Å². The monoisotopic (exact) mass is 188 g/mol. The lowest BCUT2D eigenvalue weighted by Gasteiger charge is -2.07. The molecule has 0 bridgehead atoms. The van der Waals surface area contributed by atoms with E-state index in [4.69, 9.17) is 5.73 Å². The summed E-state index contributed by atoms with van der Waals surface area (Å²) in [5, 5.41) is 8.87. The van der Waals surface area contributed by atoms with Crippen LogP contribution in [0.1, 0.15) is 25.5 Å². The Morgan fingerprint density at radius 1 is 1.29 bits per heavy atom. The van der Waals surface area contributed by atoms with Crippen molar-refractivity contribution in [3.8, 4) is 0 Å². The lowest BCUT2D eigenvalue weighted by atomic mass is 10.1. The zero-order chi connectivity index (χ0) is 10.1. The van der Waals surface area contributed by atoms with E-state index in [1.807, 2.05) is 12.1 Å². The minimum absolute atomic E-state index is 0.306. The summed E-state index contributed by atoms with van der Waals surface area (Å²) in [6, 6.07) is 3.77. The number of nitrogens with two attached hydrogens (primary N) is 1. The number of hydrogen-bond acceptors (Lipinski definition) is 4. The largest absolute Gasteiger partial charge is 0.382 e. The van der Waals surface area contributed by atoms with Gasteiger partial charge in [-0.3, -0.25) is 4.98 Å². The van der Waals surface area contributed by atoms with Gasteiger partial charge in [-0.05, 0) is 18.1 Å². The molecule has 0 spiro atoms. The van der Waals surface area contributed by atoms with Gasteiger partial charge in [0.2, 0.25) is 0 Å². The van der Waals surface area contributed by atoms with E-state index in [0.29, 0.717) is 11.7 Å². The SMILES string of the molecule is CC(C)c1nnc(N)c2cccnc12. The van der Waals surface area contributed by atoms with Crippen LogP contribution >= 0.6 is 0 Å². The van der Waals surface area contributed by atoms with E-state index in [1.165, 1.54) is 0 Å². The Morgan fingerprint density at radius 3 is 2.79 bits per heavy atom. The van der Waals surface area contributed by atoms with Gasteiger partial charge < -0.3 is 5.73 Å². The van der Waals surface area contributed by atoms with E-state index in [2.05, 4.69) is 29.0 Å². The van der Waals surface area contributed by atoms with Crippen molar-refractivity contribution in [3.63, 3.8) is 0 Å². The molecule has 4 heteroatoms. The zero-order valence-electron chi connectivity index (χ0n) is 8.23. The van der Waals surface area contributed by atoms with Crippen molar-refractivity contribution < 1.29 is 0 Å². The van der Waals surface area contributed by atoms with Crippen LogP contribution in [0.3, 0.4) is 0 Å². The van der Waals surface area contributed by atoms with Gasteiger partial charge >= 0.3 is 0 Å². The summed E-state index contributed by atoms with van der Waals surface area (Å²) in [5.41, 5.74) is 7.47. The second-order valence-corrected chi connectivity index (χ2v) is 3.52. The lowest BCUT2D eigenvalue weighted by molar-refractivity contribution is 0.797. The molecule has 0 unspecified atom stereocenters. The molecule has 0 fully saturated rings. The lowest BCUT2D eigenvalue weighted by Crippen LogP contribution is -2.02. The molecule has 0 atom stereocenters. The molecule has 2 rings (SSSR count). The standard InChI is InChI=1S/C10H12N4/c1-6(2)8-9-7(4-3-5-12-9)10(11)14-13-8/h3-6H,1-2H3,(H2,11,14). The van der Waals surface area contributed by atoms with Crippen LogP contribution in [0.25, 0.3) is 10.9 Å². The molecule has 72 valence electrons. The number of nitrogens with zero attached hydrogens (tertiary/aromatic N) is 3. The maximum Gasteiger partial charge on any atom is 0.155 e. The number of nitrogen functional groups attached to an aromatic ring is 1. The fourth-order valence-corrected chi connectivity index (χ4v) is 1.41. The molecule has 0 aliphatic carbocycles. The first-order chi connectivity index (χ1) is 6.70. The van der Waals surface area contributed by atoms with E-state index in [-0.39, 0.29) is 0 Å². The van der Waals surface area contributed by atoms with Crippen molar-refractivity contribution in [2.75, 3.05) is 5.73 Å². The van der Waals surface area contributed by atoms with Gasteiger partial charge in [0.15, 0.2) is 5.82 Å². The summed E-state index contributed by atoms with van der Waals surface area (Å²) in [5.74, 6) is 0.748. The van der Waals surface area contributed by atoms with Gasteiger partial charge in [-0.1, -0.05) is 13.8 Å². The first kappa shape index (κ1) is 8.87. The highest BCUT2D eigenvalue weighted by Gasteiger charge is 2.10. The quantitative estimate of drug-likeness (QED) is 0.740. The van der Waals surface area contributed by atoms with Crippen molar-refractivity contribution in [2.24, 2.45) is 0 Å². The summed E-state index contributed by atoms with van der Waals surface area (Å²) in [7, 11) is 0. The number of hydrogen-bond donors (Lipinski definition) is 1. The molecule has 0 saturated carbocycles. The summed E-state index contributed by atoms with van der Waals surface area (Å²) >= 11 is 0. The summed E-state index contributed by atoms with van der Waals surface area (Å²) < 4.78 is 0. The van der Waals surface area contributed by atoms with Crippen LogP contribution in [-0.4, -0.2) is 15.2 Å². The van der Waals surface area contributed by atoms with E-state index < -0.39 is 0 Å². The van der Waals surface area contributed by atoms with Crippen molar-refractivity contribution in [1.29, 1.82) is 0 Å². The minimum Gasteiger partial charge on any atom is -0.382 e. The normalized spacial score (nSPS) is 11.1. The maximum absolute atomic E-state index is 5.71. The Kier molecular flexibility index (Phi) is 2.04. The third-order valence-electron chi connectivity index (χ3n) is 2.14. The van der Waals surface area contributed by atoms with Crippen LogP contribution in [0.15, 0.2) is 18.3 Å². The van der Waals surface area contributed by atoms with E-state index in [9.17, 15) is 0 Å². The highest BCUT2D eigenvalue weighted by molar-refractivity contribution is 5.89. The Balaban J connectivity index is 2.82. The molecule has 2 aromatic heterocycles. The molecule has 0 radical (unpaired) electrons. The van der Waals surface area contributed by atoms with Gasteiger partial charge in [-0.2, -0.15) is 5.10 Å². The molecule has 14 heavy (non-hydrogen) atoms. The van der Waals surface area contributed by atoms with Crippen LogP contribution in [0, 0.1) is 0 Å². The minimum atomic E-state index is 0.306. The average Bonchev–Trinajstić information content (AvgIpc) is 2.18. The number of pyridine rings is 1. The molecule has 2 N–H and O–H groups in total. The molecule has 2 heterocycles. The van der Waals surface area contributed by atoms with Gasteiger partial charge in [0.25, 0.3) is 0 Å². The molecule has 0 saturated heterocycles. The second kappa shape index (κ2) is 3.21. The van der Waals surface area contributed by atoms with Crippen molar-refractivity contribution in [2.45, 2.75) is 19.8 Å². The maximum atomic E-state index is 5.71. The average molecular weight is 188 g/mol. The molecule has 0 aromatic carbocycles. The highest BCUT2D eigenvalue weighted by atomic mass is 15.1. The van der Waals surface area contributed by atoms with Crippen LogP contribution in [0.4, 0.5) is 5.82 Å². The smallest absolute Gasteiger partial charge is 0.155 e. The van der Waals surface area contributed by atoms with Gasteiger partial charge in [-0.15, -0.1) is 5.10 Å². The van der Waals surface area contributed by atoms with Crippen LogP contribution in [0.5, 0.6) is 0 Å². The molecule has 0 aliphatic heterocycles. The van der Waals surface area contributed by atoms with Gasteiger partial charge in [0.05, 0.1) is 11.2 Å². The number of aromatic nitrogens is 3. The second-order valence-electron chi connectivity index (χ2n) is 3.52. The third-order valence-corrected chi connectivity index (χ3v) is 2.14. The summed E-state index contributed by atoms with van der Waals surface area (Å²) in [6.45, 7) is 4.13. The molecular formula is C10H12N4. The highest BCUT2D eigenvalue weighted by Crippen LogP contribution is 2.23.